The highest BCUT2D eigenvalue weighted by Crippen LogP contribution is 2.36. The van der Waals surface area contributed by atoms with Crippen molar-refractivity contribution in [1.29, 1.82) is 0 Å². The summed E-state index contributed by atoms with van der Waals surface area (Å²) in [6.45, 7) is 1.44. The second kappa shape index (κ2) is 6.44. The fraction of sp³-hybridized carbons (Fsp3) is 0.938. The van der Waals surface area contributed by atoms with Crippen LogP contribution in [0.15, 0.2) is 0 Å². The molecule has 20 heavy (non-hydrogen) atoms. The quantitative estimate of drug-likeness (QED) is 0.792. The molecule has 2 saturated carbocycles. The molecule has 1 aliphatic heterocycles. The monoisotopic (exact) mass is 281 g/mol. The number of hydrogen-bond acceptors (Lipinski definition) is 3. The molecular formula is C16H27NO3. The van der Waals surface area contributed by atoms with Crippen molar-refractivity contribution in [3.8, 4) is 0 Å². The Bertz CT molecular complexity index is 321. The largest absolute Gasteiger partial charge is 0.353 e. The summed E-state index contributed by atoms with van der Waals surface area (Å²) in [5.74, 6) is 0.234. The van der Waals surface area contributed by atoms with Gasteiger partial charge in [0.1, 0.15) is 0 Å². The van der Waals surface area contributed by atoms with Crippen LogP contribution in [0.1, 0.15) is 64.2 Å². The number of ether oxygens (including phenoxy) is 2. The minimum Gasteiger partial charge on any atom is -0.353 e. The summed E-state index contributed by atoms with van der Waals surface area (Å²) in [5, 5.41) is 3.27. The number of rotatable bonds is 2. The van der Waals surface area contributed by atoms with Gasteiger partial charge in [-0.3, -0.25) is 4.79 Å². The van der Waals surface area contributed by atoms with Crippen molar-refractivity contribution in [2.24, 2.45) is 5.92 Å². The van der Waals surface area contributed by atoms with Crippen LogP contribution in [-0.2, 0) is 14.3 Å². The molecule has 0 unspecified atom stereocenters. The van der Waals surface area contributed by atoms with E-state index in [0.29, 0.717) is 11.9 Å². The highest BCUT2D eigenvalue weighted by atomic mass is 16.7. The van der Waals surface area contributed by atoms with Crippen LogP contribution in [0.2, 0.25) is 0 Å². The summed E-state index contributed by atoms with van der Waals surface area (Å²) in [5.41, 5.74) is 0. The lowest BCUT2D eigenvalue weighted by Gasteiger charge is -2.36. The lowest BCUT2D eigenvalue weighted by atomic mass is 9.89. The van der Waals surface area contributed by atoms with Crippen LogP contribution in [0.5, 0.6) is 0 Å². The fourth-order valence-corrected chi connectivity index (χ4v) is 3.85. The first-order valence-electron chi connectivity index (χ1n) is 8.36. The average molecular weight is 281 g/mol. The highest BCUT2D eigenvalue weighted by molar-refractivity contribution is 5.78. The molecule has 0 aromatic heterocycles. The van der Waals surface area contributed by atoms with E-state index in [1.54, 1.807) is 0 Å². The summed E-state index contributed by atoms with van der Waals surface area (Å²) in [4.78, 5) is 12.4. The van der Waals surface area contributed by atoms with Crippen molar-refractivity contribution in [1.82, 2.24) is 5.32 Å². The van der Waals surface area contributed by atoms with Gasteiger partial charge in [0, 0.05) is 24.8 Å². The van der Waals surface area contributed by atoms with Crippen molar-refractivity contribution in [2.45, 2.75) is 76.0 Å². The zero-order valence-corrected chi connectivity index (χ0v) is 12.4. The Kier molecular flexibility index (Phi) is 4.61. The molecule has 3 rings (SSSR count). The van der Waals surface area contributed by atoms with E-state index in [1.165, 1.54) is 25.7 Å². The van der Waals surface area contributed by atoms with E-state index in [1.807, 2.05) is 0 Å². The van der Waals surface area contributed by atoms with Gasteiger partial charge in [0.25, 0.3) is 0 Å². The van der Waals surface area contributed by atoms with E-state index in [-0.39, 0.29) is 11.7 Å². The minimum absolute atomic E-state index is 0.257. The molecule has 4 heteroatoms. The van der Waals surface area contributed by atoms with Gasteiger partial charge in [-0.05, 0) is 25.7 Å². The zero-order chi connectivity index (χ0) is 13.8. The van der Waals surface area contributed by atoms with Crippen LogP contribution in [0.3, 0.4) is 0 Å². The third-order valence-electron chi connectivity index (χ3n) is 5.13. The van der Waals surface area contributed by atoms with Crippen molar-refractivity contribution < 1.29 is 14.3 Å². The predicted octanol–water partition coefficient (Wildman–Crippen LogP) is 2.76. The van der Waals surface area contributed by atoms with Crippen LogP contribution in [0, 0.1) is 5.92 Å². The highest BCUT2D eigenvalue weighted by Gasteiger charge is 2.40. The summed E-state index contributed by atoms with van der Waals surface area (Å²) in [6.07, 6.45) is 11.0. The Labute approximate surface area is 121 Å². The van der Waals surface area contributed by atoms with Crippen molar-refractivity contribution in [2.75, 3.05) is 13.2 Å². The van der Waals surface area contributed by atoms with Crippen LogP contribution in [0.4, 0.5) is 0 Å². The Balaban J connectivity index is 1.45. The zero-order valence-electron chi connectivity index (χ0n) is 12.4. The van der Waals surface area contributed by atoms with Gasteiger partial charge in [-0.25, -0.2) is 0 Å². The first-order chi connectivity index (χ1) is 9.77. The van der Waals surface area contributed by atoms with Crippen LogP contribution < -0.4 is 5.32 Å². The fourth-order valence-electron chi connectivity index (χ4n) is 3.85. The molecule has 0 aromatic carbocycles. The average Bonchev–Trinajstić information content (AvgIpc) is 2.75. The van der Waals surface area contributed by atoms with E-state index < -0.39 is 0 Å². The maximum atomic E-state index is 12.4. The molecule has 0 atom stereocenters. The number of hydrogen-bond donors (Lipinski definition) is 1. The van der Waals surface area contributed by atoms with Crippen LogP contribution in [-0.4, -0.2) is 30.9 Å². The normalized spacial score (nSPS) is 28.4. The van der Waals surface area contributed by atoms with Crippen molar-refractivity contribution >= 4 is 5.91 Å². The molecule has 1 heterocycles. The Morgan fingerprint density at radius 2 is 1.50 bits per heavy atom. The lowest BCUT2D eigenvalue weighted by Crippen LogP contribution is -2.45. The first-order valence-corrected chi connectivity index (χ1v) is 8.36. The molecule has 3 fully saturated rings. The maximum absolute atomic E-state index is 12.4. The minimum atomic E-state index is -0.316. The molecule has 1 N–H and O–H groups in total. The van der Waals surface area contributed by atoms with E-state index in [2.05, 4.69) is 5.32 Å². The SMILES string of the molecule is O=C(NC1CCC2(CC1)OCCO2)C1CCCCCC1. The van der Waals surface area contributed by atoms with Crippen LogP contribution >= 0.6 is 0 Å². The van der Waals surface area contributed by atoms with Gasteiger partial charge < -0.3 is 14.8 Å². The smallest absolute Gasteiger partial charge is 0.223 e. The van der Waals surface area contributed by atoms with Gasteiger partial charge in [0.2, 0.25) is 5.91 Å². The molecule has 4 nitrogen and oxygen atoms in total. The summed E-state index contributed by atoms with van der Waals surface area (Å²) >= 11 is 0. The van der Waals surface area contributed by atoms with E-state index in [9.17, 15) is 4.79 Å². The van der Waals surface area contributed by atoms with E-state index >= 15 is 0 Å². The molecule has 0 aromatic rings. The summed E-state index contributed by atoms with van der Waals surface area (Å²) < 4.78 is 11.5. The molecule has 114 valence electrons. The van der Waals surface area contributed by atoms with Gasteiger partial charge in [0.15, 0.2) is 5.79 Å². The van der Waals surface area contributed by atoms with Crippen LogP contribution in [0.25, 0.3) is 0 Å². The number of carbonyl (C=O) groups is 1. The lowest BCUT2D eigenvalue weighted by molar-refractivity contribution is -0.180. The molecular weight excluding hydrogens is 254 g/mol. The maximum Gasteiger partial charge on any atom is 0.223 e. The first kappa shape index (κ1) is 14.3. The number of nitrogens with one attached hydrogen (secondary N) is 1. The Morgan fingerprint density at radius 1 is 0.900 bits per heavy atom. The molecule has 1 saturated heterocycles. The van der Waals surface area contributed by atoms with Crippen molar-refractivity contribution in [3.05, 3.63) is 0 Å². The number of amides is 1. The summed E-state index contributed by atoms with van der Waals surface area (Å²) in [7, 11) is 0. The van der Waals surface area contributed by atoms with Gasteiger partial charge in [0.05, 0.1) is 13.2 Å². The van der Waals surface area contributed by atoms with Gasteiger partial charge >= 0.3 is 0 Å². The molecule has 1 spiro atoms. The topological polar surface area (TPSA) is 47.6 Å². The number of carbonyl (C=O) groups excluding carboxylic acids is 1. The van der Waals surface area contributed by atoms with E-state index in [0.717, 1.165) is 51.7 Å². The molecule has 0 radical (unpaired) electrons. The molecule has 1 amide bonds. The van der Waals surface area contributed by atoms with Crippen molar-refractivity contribution in [3.63, 3.8) is 0 Å². The standard InChI is InChI=1S/C16H27NO3/c18-15(13-5-3-1-2-4-6-13)17-14-7-9-16(10-8-14)19-11-12-20-16/h13-14H,1-12H2,(H,17,18). The molecule has 2 aliphatic carbocycles. The third-order valence-corrected chi connectivity index (χ3v) is 5.13. The molecule has 3 aliphatic rings. The second-order valence-corrected chi connectivity index (χ2v) is 6.58. The van der Waals surface area contributed by atoms with E-state index in [4.69, 9.17) is 9.47 Å². The second-order valence-electron chi connectivity index (χ2n) is 6.58. The summed E-state index contributed by atoms with van der Waals surface area (Å²) in [6, 6.07) is 0.323. The Hall–Kier alpha value is -0.610. The Morgan fingerprint density at radius 3 is 2.10 bits per heavy atom. The van der Waals surface area contributed by atoms with Gasteiger partial charge in [-0.1, -0.05) is 25.7 Å². The van der Waals surface area contributed by atoms with Gasteiger partial charge in [-0.2, -0.15) is 0 Å². The predicted molar refractivity (Wildman–Crippen MR) is 76.2 cm³/mol. The van der Waals surface area contributed by atoms with Gasteiger partial charge in [-0.15, -0.1) is 0 Å². The third kappa shape index (κ3) is 3.34. The molecule has 0 bridgehead atoms.